The Balaban J connectivity index is 1.89. The highest BCUT2D eigenvalue weighted by molar-refractivity contribution is 4.92. The van der Waals surface area contributed by atoms with Crippen molar-refractivity contribution < 1.29 is 0 Å². The van der Waals surface area contributed by atoms with E-state index in [1.165, 1.54) is 0 Å². The maximum absolute atomic E-state index is 4.31. The Morgan fingerprint density at radius 2 is 2.17 bits per heavy atom. The number of hydrogen-bond acceptors (Lipinski definition) is 4. The molecule has 0 spiro atoms. The summed E-state index contributed by atoms with van der Waals surface area (Å²) in [6, 6.07) is 0. The zero-order valence-corrected chi connectivity index (χ0v) is 11.0. The summed E-state index contributed by atoms with van der Waals surface area (Å²) in [7, 11) is 2.01. The van der Waals surface area contributed by atoms with E-state index in [1.807, 2.05) is 28.7 Å². The van der Waals surface area contributed by atoms with Crippen LogP contribution in [0, 0.1) is 0 Å². The van der Waals surface area contributed by atoms with Crippen LogP contribution in [0.15, 0.2) is 18.7 Å². The van der Waals surface area contributed by atoms with Crippen molar-refractivity contribution in [1.82, 2.24) is 29.6 Å². The molecule has 0 bridgehead atoms. The summed E-state index contributed by atoms with van der Waals surface area (Å²) in [6.07, 6.45) is 7.39. The zero-order valence-electron chi connectivity index (χ0n) is 11.0. The molecule has 0 aliphatic heterocycles. The Bertz CT molecular complexity index is 472. The van der Waals surface area contributed by atoms with E-state index in [1.54, 1.807) is 6.33 Å². The van der Waals surface area contributed by atoms with Crippen LogP contribution in [0.3, 0.4) is 0 Å². The average molecular weight is 248 g/mol. The van der Waals surface area contributed by atoms with Gasteiger partial charge in [0.05, 0.1) is 13.1 Å². The second kappa shape index (κ2) is 6.30. The molecule has 0 aromatic carbocycles. The van der Waals surface area contributed by atoms with Gasteiger partial charge in [-0.25, -0.2) is 14.6 Å². The molecule has 2 aromatic rings. The minimum absolute atomic E-state index is 0.772. The first-order valence-electron chi connectivity index (χ1n) is 6.35. The topological polar surface area (TPSA) is 60.6 Å². The van der Waals surface area contributed by atoms with Gasteiger partial charge in [0.25, 0.3) is 0 Å². The average Bonchev–Trinajstić information content (AvgIpc) is 2.96. The van der Waals surface area contributed by atoms with E-state index in [0.29, 0.717) is 0 Å². The quantitative estimate of drug-likeness (QED) is 0.735. The third kappa shape index (κ3) is 3.16. The van der Waals surface area contributed by atoms with Crippen LogP contribution in [-0.2, 0) is 26.6 Å². The lowest BCUT2D eigenvalue weighted by atomic mass is 10.4. The first-order chi connectivity index (χ1) is 8.81. The van der Waals surface area contributed by atoms with Crippen molar-refractivity contribution >= 4 is 0 Å². The minimum atomic E-state index is 0.772. The minimum Gasteiger partial charge on any atom is -0.338 e. The fourth-order valence-corrected chi connectivity index (χ4v) is 1.83. The second-order valence-electron chi connectivity index (χ2n) is 4.28. The van der Waals surface area contributed by atoms with Crippen LogP contribution in [-0.4, -0.2) is 30.9 Å². The zero-order chi connectivity index (χ0) is 12.8. The molecule has 0 fully saturated rings. The van der Waals surface area contributed by atoms with Crippen LogP contribution in [0.25, 0.3) is 0 Å². The van der Waals surface area contributed by atoms with Crippen LogP contribution in [0.2, 0.25) is 0 Å². The smallest absolute Gasteiger partial charge is 0.140 e. The van der Waals surface area contributed by atoms with Gasteiger partial charge in [0.2, 0.25) is 0 Å². The van der Waals surface area contributed by atoms with Crippen molar-refractivity contribution in [2.45, 2.75) is 32.9 Å². The van der Waals surface area contributed by atoms with E-state index < -0.39 is 0 Å². The van der Waals surface area contributed by atoms with Gasteiger partial charge in [-0.15, -0.1) is 0 Å². The Labute approximate surface area is 107 Å². The van der Waals surface area contributed by atoms with Crippen molar-refractivity contribution in [2.24, 2.45) is 7.05 Å². The molecule has 0 amide bonds. The molecule has 98 valence electrons. The molecule has 18 heavy (non-hydrogen) atoms. The van der Waals surface area contributed by atoms with Gasteiger partial charge in [0.15, 0.2) is 0 Å². The lowest BCUT2D eigenvalue weighted by molar-refractivity contribution is 0.536. The fourth-order valence-electron chi connectivity index (χ4n) is 1.83. The van der Waals surface area contributed by atoms with Gasteiger partial charge < -0.3 is 9.88 Å². The predicted molar refractivity (Wildman–Crippen MR) is 68.9 cm³/mol. The van der Waals surface area contributed by atoms with Crippen LogP contribution in [0.5, 0.6) is 0 Å². The third-order valence-electron chi connectivity index (χ3n) is 2.87. The number of nitrogens with one attached hydrogen (secondary N) is 1. The fraction of sp³-hybridized carbons (Fsp3) is 0.583. The highest BCUT2D eigenvalue weighted by Crippen LogP contribution is 2.00. The SMILES string of the molecule is CCCNCc1ncnn1CCc1nccn1C. The van der Waals surface area contributed by atoms with E-state index in [2.05, 4.69) is 27.3 Å². The number of imidazole rings is 1. The van der Waals surface area contributed by atoms with Crippen molar-refractivity contribution in [2.75, 3.05) is 6.54 Å². The maximum atomic E-state index is 4.31. The summed E-state index contributed by atoms with van der Waals surface area (Å²) in [4.78, 5) is 8.58. The molecule has 0 radical (unpaired) electrons. The number of aryl methyl sites for hydroxylation is 3. The molecule has 0 unspecified atom stereocenters. The van der Waals surface area contributed by atoms with Gasteiger partial charge in [-0.2, -0.15) is 5.10 Å². The summed E-state index contributed by atoms with van der Waals surface area (Å²) in [5, 5.41) is 7.59. The summed E-state index contributed by atoms with van der Waals surface area (Å²) < 4.78 is 3.98. The molecule has 0 saturated heterocycles. The number of hydrogen-bond donors (Lipinski definition) is 1. The second-order valence-corrected chi connectivity index (χ2v) is 4.28. The van der Waals surface area contributed by atoms with Crippen LogP contribution in [0.4, 0.5) is 0 Å². The largest absolute Gasteiger partial charge is 0.338 e. The molecule has 2 rings (SSSR count). The van der Waals surface area contributed by atoms with E-state index in [9.17, 15) is 0 Å². The van der Waals surface area contributed by atoms with Gasteiger partial charge in [0.1, 0.15) is 18.0 Å². The Hall–Kier alpha value is -1.69. The van der Waals surface area contributed by atoms with Crippen LogP contribution in [0.1, 0.15) is 25.0 Å². The van der Waals surface area contributed by atoms with Crippen molar-refractivity contribution in [3.63, 3.8) is 0 Å². The molecule has 1 N–H and O–H groups in total. The van der Waals surface area contributed by atoms with E-state index in [0.717, 1.165) is 44.1 Å². The summed E-state index contributed by atoms with van der Waals surface area (Å²) in [6.45, 7) is 4.74. The summed E-state index contributed by atoms with van der Waals surface area (Å²) in [5.74, 6) is 2.05. The molecule has 2 aromatic heterocycles. The molecule has 6 nitrogen and oxygen atoms in total. The van der Waals surface area contributed by atoms with Gasteiger partial charge in [-0.05, 0) is 13.0 Å². The number of nitrogens with zero attached hydrogens (tertiary/aromatic N) is 5. The Kier molecular flexibility index (Phi) is 4.46. The highest BCUT2D eigenvalue weighted by atomic mass is 15.3. The lowest BCUT2D eigenvalue weighted by Crippen LogP contribution is -2.19. The lowest BCUT2D eigenvalue weighted by Gasteiger charge is -2.07. The number of rotatable bonds is 7. The molecule has 0 atom stereocenters. The van der Waals surface area contributed by atoms with Crippen LogP contribution < -0.4 is 5.32 Å². The molecule has 0 saturated carbocycles. The van der Waals surface area contributed by atoms with Gasteiger partial charge >= 0.3 is 0 Å². The van der Waals surface area contributed by atoms with Gasteiger partial charge in [0, 0.05) is 25.9 Å². The van der Waals surface area contributed by atoms with Crippen molar-refractivity contribution in [1.29, 1.82) is 0 Å². The van der Waals surface area contributed by atoms with E-state index in [4.69, 9.17) is 0 Å². The molecular formula is C12H20N6. The third-order valence-corrected chi connectivity index (χ3v) is 2.87. The van der Waals surface area contributed by atoms with Crippen molar-refractivity contribution in [3.8, 4) is 0 Å². The normalized spacial score (nSPS) is 11.0. The Morgan fingerprint density at radius 1 is 1.28 bits per heavy atom. The summed E-state index contributed by atoms with van der Waals surface area (Å²) >= 11 is 0. The maximum Gasteiger partial charge on any atom is 0.140 e. The molecular weight excluding hydrogens is 228 g/mol. The molecule has 6 heteroatoms. The molecule has 0 aliphatic carbocycles. The highest BCUT2D eigenvalue weighted by Gasteiger charge is 2.05. The summed E-state index contributed by atoms with van der Waals surface area (Å²) in [5.41, 5.74) is 0. The van der Waals surface area contributed by atoms with Gasteiger partial charge in [-0.3, -0.25) is 0 Å². The standard InChI is InChI=1S/C12H20N6/c1-3-5-13-9-12-15-10-16-18(12)7-4-11-14-6-8-17(11)2/h6,8,10,13H,3-5,7,9H2,1-2H3. The monoisotopic (exact) mass is 248 g/mol. The first-order valence-corrected chi connectivity index (χ1v) is 6.35. The van der Waals surface area contributed by atoms with Crippen LogP contribution >= 0.6 is 0 Å². The predicted octanol–water partition coefficient (Wildman–Crippen LogP) is 0.754. The van der Waals surface area contributed by atoms with Gasteiger partial charge in [-0.1, -0.05) is 6.92 Å². The van der Waals surface area contributed by atoms with E-state index >= 15 is 0 Å². The molecule has 0 aliphatic rings. The number of aromatic nitrogens is 5. The Morgan fingerprint density at radius 3 is 2.89 bits per heavy atom. The molecule has 2 heterocycles. The first kappa shape index (κ1) is 12.8. The van der Waals surface area contributed by atoms with Crippen molar-refractivity contribution in [3.05, 3.63) is 30.4 Å². The van der Waals surface area contributed by atoms with E-state index in [-0.39, 0.29) is 0 Å².